The highest BCUT2D eigenvalue weighted by molar-refractivity contribution is 8.00. The number of nitrogens with zero attached hydrogens (tertiary/aromatic N) is 1. The molecule has 3 aromatic rings. The summed E-state index contributed by atoms with van der Waals surface area (Å²) in [6, 6.07) is 13.9. The molecule has 31 heavy (non-hydrogen) atoms. The van der Waals surface area contributed by atoms with Crippen molar-refractivity contribution in [3.05, 3.63) is 77.5 Å². The number of thioether (sulfide) groups is 1. The quantitative estimate of drug-likeness (QED) is 0.459. The molecule has 1 saturated heterocycles. The molecule has 0 radical (unpaired) electrons. The molecule has 3 N–H and O–H groups in total. The minimum absolute atomic E-state index is 0.0432. The van der Waals surface area contributed by atoms with Gasteiger partial charge in [0.25, 0.3) is 5.91 Å². The van der Waals surface area contributed by atoms with Crippen LogP contribution in [0.25, 0.3) is 0 Å². The number of hydrogen-bond acceptors (Lipinski definition) is 6. The Kier molecular flexibility index (Phi) is 5.11. The number of nitrogen functional groups attached to an aromatic ring is 1. The number of carbonyl (C=O) groups excluding carboxylic acids is 1. The lowest BCUT2D eigenvalue weighted by Gasteiger charge is -2.25. The number of furan rings is 1. The second-order valence-corrected chi connectivity index (χ2v) is 9.11. The van der Waals surface area contributed by atoms with E-state index in [4.69, 9.17) is 14.9 Å². The minimum atomic E-state index is -0.336. The van der Waals surface area contributed by atoms with Crippen molar-refractivity contribution in [2.24, 2.45) is 0 Å². The second kappa shape index (κ2) is 7.94. The van der Waals surface area contributed by atoms with Crippen molar-refractivity contribution in [1.82, 2.24) is 5.32 Å². The molecule has 5 rings (SSSR count). The predicted octanol–water partition coefficient (Wildman–Crippen LogP) is 4.16. The minimum Gasteiger partial charge on any atom is -0.467 e. The molecule has 0 saturated carbocycles. The van der Waals surface area contributed by atoms with E-state index in [1.165, 1.54) is 6.07 Å². The van der Waals surface area contributed by atoms with Crippen LogP contribution >= 0.6 is 11.8 Å². The van der Waals surface area contributed by atoms with Crippen molar-refractivity contribution in [3.63, 3.8) is 0 Å². The summed E-state index contributed by atoms with van der Waals surface area (Å²) in [6.45, 7) is 2.72. The number of rotatable bonds is 5. The van der Waals surface area contributed by atoms with Crippen molar-refractivity contribution in [1.29, 1.82) is 0 Å². The van der Waals surface area contributed by atoms with Gasteiger partial charge in [0.15, 0.2) is 6.23 Å². The Labute approximate surface area is 183 Å². The van der Waals surface area contributed by atoms with Crippen LogP contribution in [-0.4, -0.2) is 23.5 Å². The van der Waals surface area contributed by atoms with Gasteiger partial charge in [0, 0.05) is 27.0 Å². The third kappa shape index (κ3) is 3.88. The number of epoxide rings is 1. The highest BCUT2D eigenvalue weighted by Gasteiger charge is 2.50. The first-order chi connectivity index (χ1) is 15.0. The highest BCUT2D eigenvalue weighted by Crippen LogP contribution is 2.48. The lowest BCUT2D eigenvalue weighted by atomic mass is 10.1. The standard InChI is InChI=1S/C23H22FN3O3S/c1-13-21-23(30-21)27(12-16-17(24)5-2-6-18(16)25)19-8-7-14(10-20(19)31-13)22(28)26-11-15-4-3-9-29-15/h2-10,13,21,23H,11-12,25H2,1H3,(H,26,28). The highest BCUT2D eigenvalue weighted by atomic mass is 32.2. The summed E-state index contributed by atoms with van der Waals surface area (Å²) in [6.07, 6.45) is 1.48. The van der Waals surface area contributed by atoms with Gasteiger partial charge < -0.3 is 25.1 Å². The maximum Gasteiger partial charge on any atom is 0.251 e. The zero-order chi connectivity index (χ0) is 21.5. The van der Waals surface area contributed by atoms with E-state index in [9.17, 15) is 9.18 Å². The van der Waals surface area contributed by atoms with E-state index in [0.717, 1.165) is 10.6 Å². The average molecular weight is 440 g/mol. The number of ether oxygens (including phenoxy) is 1. The van der Waals surface area contributed by atoms with E-state index in [1.54, 1.807) is 42.3 Å². The van der Waals surface area contributed by atoms with E-state index in [-0.39, 0.29) is 29.3 Å². The molecule has 160 valence electrons. The van der Waals surface area contributed by atoms with Gasteiger partial charge in [-0.05, 0) is 42.5 Å². The fourth-order valence-electron chi connectivity index (χ4n) is 3.87. The van der Waals surface area contributed by atoms with Gasteiger partial charge in [-0.3, -0.25) is 4.79 Å². The SMILES string of the molecule is CC1Sc2cc(C(=O)NCc3ccco3)ccc2N(Cc2c(N)cccc2F)C2OC12. The number of carbonyl (C=O) groups is 1. The van der Waals surface area contributed by atoms with Crippen LogP contribution in [0.5, 0.6) is 0 Å². The van der Waals surface area contributed by atoms with Crippen LogP contribution < -0.4 is 16.0 Å². The molecule has 2 aromatic carbocycles. The van der Waals surface area contributed by atoms with E-state index >= 15 is 0 Å². The molecule has 0 aliphatic carbocycles. The number of halogens is 1. The molecule has 3 atom stereocenters. The Morgan fingerprint density at radius 2 is 2.13 bits per heavy atom. The Morgan fingerprint density at radius 3 is 2.90 bits per heavy atom. The third-order valence-corrected chi connectivity index (χ3v) is 6.82. The summed E-state index contributed by atoms with van der Waals surface area (Å²) in [7, 11) is 0. The first-order valence-corrected chi connectivity index (χ1v) is 11.0. The van der Waals surface area contributed by atoms with Gasteiger partial charge in [-0.1, -0.05) is 13.0 Å². The molecule has 6 nitrogen and oxygen atoms in total. The molecule has 8 heteroatoms. The summed E-state index contributed by atoms with van der Waals surface area (Å²) in [5.41, 5.74) is 8.38. The Bertz CT molecular complexity index is 1100. The van der Waals surface area contributed by atoms with Crippen LogP contribution in [0.2, 0.25) is 0 Å². The molecule has 2 aliphatic heterocycles. The van der Waals surface area contributed by atoms with Crippen molar-refractivity contribution in [3.8, 4) is 0 Å². The smallest absolute Gasteiger partial charge is 0.251 e. The zero-order valence-corrected chi connectivity index (χ0v) is 17.7. The van der Waals surface area contributed by atoms with E-state index in [1.807, 2.05) is 23.1 Å². The lowest BCUT2D eigenvalue weighted by Crippen LogP contribution is -2.29. The van der Waals surface area contributed by atoms with Crippen molar-refractivity contribution < 1.29 is 18.3 Å². The maximum absolute atomic E-state index is 14.5. The van der Waals surface area contributed by atoms with E-state index in [0.29, 0.717) is 35.7 Å². The Hall–Kier alpha value is -2.97. The van der Waals surface area contributed by atoms with Gasteiger partial charge in [0.05, 0.1) is 25.0 Å². The molecule has 0 spiro atoms. The molecule has 3 unspecified atom stereocenters. The van der Waals surface area contributed by atoms with Crippen LogP contribution in [-0.2, 0) is 17.8 Å². The van der Waals surface area contributed by atoms with Crippen molar-refractivity contribution in [2.75, 3.05) is 10.6 Å². The second-order valence-electron chi connectivity index (χ2n) is 7.69. The molecule has 3 heterocycles. The molecular formula is C23H22FN3O3S. The lowest BCUT2D eigenvalue weighted by molar-refractivity contribution is 0.0948. The van der Waals surface area contributed by atoms with E-state index < -0.39 is 0 Å². The van der Waals surface area contributed by atoms with E-state index in [2.05, 4.69) is 12.2 Å². The summed E-state index contributed by atoms with van der Waals surface area (Å²) in [5.74, 6) is 0.178. The van der Waals surface area contributed by atoms with Gasteiger partial charge in [-0.2, -0.15) is 0 Å². The number of amides is 1. The zero-order valence-electron chi connectivity index (χ0n) is 16.9. The topological polar surface area (TPSA) is 84.0 Å². The Balaban J connectivity index is 1.43. The van der Waals surface area contributed by atoms with Crippen LogP contribution in [0.4, 0.5) is 15.8 Å². The van der Waals surface area contributed by atoms with Gasteiger partial charge in [-0.25, -0.2) is 4.39 Å². The summed E-state index contributed by atoms with van der Waals surface area (Å²) in [5, 5.41) is 3.07. The number of hydrogen-bond donors (Lipinski definition) is 2. The number of benzene rings is 2. The van der Waals surface area contributed by atoms with Crippen LogP contribution in [0.3, 0.4) is 0 Å². The maximum atomic E-state index is 14.5. The first-order valence-electron chi connectivity index (χ1n) is 10.1. The molecule has 2 aliphatic rings. The van der Waals surface area contributed by atoms with Gasteiger partial charge >= 0.3 is 0 Å². The fourth-order valence-corrected chi connectivity index (χ4v) is 5.10. The normalized spacial score (nSPS) is 21.7. The fraction of sp³-hybridized carbons (Fsp3) is 0.261. The number of fused-ring (bicyclic) bond motifs is 2. The predicted molar refractivity (Wildman–Crippen MR) is 117 cm³/mol. The number of anilines is 2. The summed E-state index contributed by atoms with van der Waals surface area (Å²) < 4.78 is 25.6. The van der Waals surface area contributed by atoms with Crippen LogP contribution in [0, 0.1) is 5.82 Å². The molecular weight excluding hydrogens is 417 g/mol. The Morgan fingerprint density at radius 1 is 1.26 bits per heavy atom. The van der Waals surface area contributed by atoms with Crippen LogP contribution in [0.1, 0.15) is 28.6 Å². The van der Waals surface area contributed by atoms with Crippen LogP contribution in [0.15, 0.2) is 64.1 Å². The van der Waals surface area contributed by atoms with Crippen molar-refractivity contribution in [2.45, 2.75) is 42.5 Å². The number of nitrogens with two attached hydrogens (primary N) is 1. The number of nitrogens with one attached hydrogen (secondary N) is 1. The van der Waals surface area contributed by atoms with Gasteiger partial charge in [0.2, 0.25) is 0 Å². The summed E-state index contributed by atoms with van der Waals surface area (Å²) >= 11 is 1.66. The summed E-state index contributed by atoms with van der Waals surface area (Å²) in [4.78, 5) is 15.7. The first kappa shape index (κ1) is 20.0. The average Bonchev–Trinajstić information content (AvgIpc) is 3.39. The monoisotopic (exact) mass is 439 g/mol. The largest absolute Gasteiger partial charge is 0.467 e. The van der Waals surface area contributed by atoms with Gasteiger partial charge in [-0.15, -0.1) is 11.8 Å². The molecule has 1 fully saturated rings. The van der Waals surface area contributed by atoms with Crippen molar-refractivity contribution >= 4 is 29.0 Å². The van der Waals surface area contributed by atoms with Gasteiger partial charge in [0.1, 0.15) is 17.7 Å². The third-order valence-electron chi connectivity index (χ3n) is 5.60. The molecule has 0 bridgehead atoms. The molecule has 1 aromatic heterocycles. The molecule has 1 amide bonds.